The molecule has 0 aliphatic rings. The van der Waals surface area contributed by atoms with E-state index in [0.717, 1.165) is 18.0 Å². The van der Waals surface area contributed by atoms with Crippen LogP contribution in [-0.2, 0) is 0 Å². The zero-order valence-electron chi connectivity index (χ0n) is 11.2. The molecule has 17 heavy (non-hydrogen) atoms. The molecule has 0 amide bonds. The van der Waals surface area contributed by atoms with Crippen molar-refractivity contribution in [2.45, 2.75) is 52.5 Å². The fraction of sp³-hybridized carbons (Fsp3) is 0.600. The first-order chi connectivity index (χ1) is 8.20. The highest BCUT2D eigenvalue weighted by Crippen LogP contribution is 2.29. The van der Waals surface area contributed by atoms with Gasteiger partial charge in [0.25, 0.3) is 0 Å². The van der Waals surface area contributed by atoms with Gasteiger partial charge in [-0.3, -0.25) is 0 Å². The molecule has 1 atom stereocenters. The van der Waals surface area contributed by atoms with Gasteiger partial charge in [-0.1, -0.05) is 56.5 Å². The van der Waals surface area contributed by atoms with E-state index in [4.69, 9.17) is 11.6 Å². The van der Waals surface area contributed by atoms with E-state index in [0.29, 0.717) is 6.04 Å². The number of halogens is 1. The lowest BCUT2D eigenvalue weighted by Crippen LogP contribution is -2.22. The summed E-state index contributed by atoms with van der Waals surface area (Å²) in [4.78, 5) is 0. The summed E-state index contributed by atoms with van der Waals surface area (Å²) in [7, 11) is 0. The van der Waals surface area contributed by atoms with Crippen LogP contribution in [0.15, 0.2) is 18.2 Å². The zero-order chi connectivity index (χ0) is 12.7. The van der Waals surface area contributed by atoms with Crippen LogP contribution in [0.4, 0.5) is 0 Å². The minimum atomic E-state index is 0.405. The molecule has 1 rings (SSSR count). The Bertz CT molecular complexity index is 328. The average molecular weight is 254 g/mol. The summed E-state index contributed by atoms with van der Waals surface area (Å²) in [6.45, 7) is 7.55. The Morgan fingerprint density at radius 1 is 1.24 bits per heavy atom. The number of hydrogen-bond donors (Lipinski definition) is 1. The molecule has 0 radical (unpaired) electrons. The van der Waals surface area contributed by atoms with Gasteiger partial charge in [0.1, 0.15) is 0 Å². The second-order valence-electron chi connectivity index (χ2n) is 4.63. The fourth-order valence-electron chi connectivity index (χ4n) is 2.03. The molecule has 0 fully saturated rings. The number of unbranched alkanes of at least 4 members (excludes halogenated alkanes) is 1. The van der Waals surface area contributed by atoms with Gasteiger partial charge in [-0.15, -0.1) is 0 Å². The molecule has 0 aromatic heterocycles. The summed E-state index contributed by atoms with van der Waals surface area (Å²) in [6.07, 6.45) is 4.80. The maximum absolute atomic E-state index is 6.41. The fourth-order valence-corrected chi connectivity index (χ4v) is 2.29. The van der Waals surface area contributed by atoms with E-state index in [9.17, 15) is 0 Å². The van der Waals surface area contributed by atoms with Crippen LogP contribution < -0.4 is 5.32 Å². The molecule has 0 saturated heterocycles. The highest BCUT2D eigenvalue weighted by atomic mass is 35.5. The lowest BCUT2D eigenvalue weighted by molar-refractivity contribution is 0.481. The van der Waals surface area contributed by atoms with Crippen LogP contribution in [-0.4, -0.2) is 6.54 Å². The van der Waals surface area contributed by atoms with Crippen molar-refractivity contribution < 1.29 is 0 Å². The van der Waals surface area contributed by atoms with Crippen molar-refractivity contribution in [2.24, 2.45) is 0 Å². The molecule has 1 unspecified atom stereocenters. The van der Waals surface area contributed by atoms with Crippen molar-refractivity contribution in [1.29, 1.82) is 0 Å². The Kier molecular flexibility index (Phi) is 6.61. The normalized spacial score (nSPS) is 12.7. The Labute approximate surface area is 111 Å². The largest absolute Gasteiger partial charge is 0.310 e. The first-order valence-electron chi connectivity index (χ1n) is 6.69. The Hall–Kier alpha value is -0.530. The van der Waals surface area contributed by atoms with Crippen LogP contribution in [0, 0.1) is 6.92 Å². The standard InChI is InChI=1S/C15H24ClN/c1-4-6-10-14(17-11-5-2)13-9-7-8-12(3)15(13)16/h7-9,14,17H,4-6,10-11H2,1-3H3. The van der Waals surface area contributed by atoms with Gasteiger partial charge < -0.3 is 5.32 Å². The summed E-state index contributed by atoms with van der Waals surface area (Å²) in [5.41, 5.74) is 2.43. The Morgan fingerprint density at radius 2 is 2.00 bits per heavy atom. The molecular weight excluding hydrogens is 230 g/mol. The third-order valence-electron chi connectivity index (χ3n) is 3.08. The van der Waals surface area contributed by atoms with Crippen LogP contribution >= 0.6 is 11.6 Å². The molecule has 0 bridgehead atoms. The van der Waals surface area contributed by atoms with Gasteiger partial charge in [0.15, 0.2) is 0 Å². The molecule has 0 heterocycles. The second-order valence-corrected chi connectivity index (χ2v) is 5.01. The zero-order valence-corrected chi connectivity index (χ0v) is 12.0. The molecule has 0 spiro atoms. The molecule has 0 aliphatic heterocycles. The van der Waals surface area contributed by atoms with Crippen molar-refractivity contribution in [2.75, 3.05) is 6.54 Å². The van der Waals surface area contributed by atoms with Gasteiger partial charge in [-0.2, -0.15) is 0 Å². The van der Waals surface area contributed by atoms with Crippen LogP contribution in [0.2, 0.25) is 5.02 Å². The molecule has 2 heteroatoms. The van der Waals surface area contributed by atoms with E-state index in [-0.39, 0.29) is 0 Å². The molecule has 1 aromatic rings. The van der Waals surface area contributed by atoms with E-state index < -0.39 is 0 Å². The molecule has 96 valence electrons. The predicted molar refractivity (Wildman–Crippen MR) is 76.7 cm³/mol. The topological polar surface area (TPSA) is 12.0 Å². The molecule has 1 N–H and O–H groups in total. The minimum absolute atomic E-state index is 0.405. The minimum Gasteiger partial charge on any atom is -0.310 e. The van der Waals surface area contributed by atoms with E-state index in [1.165, 1.54) is 30.4 Å². The summed E-state index contributed by atoms with van der Waals surface area (Å²) in [6, 6.07) is 6.73. The highest BCUT2D eigenvalue weighted by molar-refractivity contribution is 6.32. The SMILES string of the molecule is CCCCC(NCCC)c1cccc(C)c1Cl. The lowest BCUT2D eigenvalue weighted by Gasteiger charge is -2.20. The van der Waals surface area contributed by atoms with Crippen LogP contribution in [0.3, 0.4) is 0 Å². The smallest absolute Gasteiger partial charge is 0.0482 e. The number of rotatable bonds is 7. The summed E-state index contributed by atoms with van der Waals surface area (Å²) < 4.78 is 0. The van der Waals surface area contributed by atoms with Crippen LogP contribution in [0.25, 0.3) is 0 Å². The van der Waals surface area contributed by atoms with Crippen molar-refractivity contribution >= 4 is 11.6 Å². The average Bonchev–Trinajstić information content (AvgIpc) is 2.34. The van der Waals surface area contributed by atoms with E-state index in [2.05, 4.69) is 44.3 Å². The summed E-state index contributed by atoms with van der Waals surface area (Å²) in [5.74, 6) is 0. The highest BCUT2D eigenvalue weighted by Gasteiger charge is 2.14. The molecule has 1 nitrogen and oxygen atoms in total. The van der Waals surface area contributed by atoms with Crippen LogP contribution in [0.5, 0.6) is 0 Å². The van der Waals surface area contributed by atoms with Crippen molar-refractivity contribution in [3.63, 3.8) is 0 Å². The number of aryl methyl sites for hydroxylation is 1. The maximum atomic E-state index is 6.41. The number of benzene rings is 1. The monoisotopic (exact) mass is 253 g/mol. The van der Waals surface area contributed by atoms with E-state index in [1.54, 1.807) is 0 Å². The van der Waals surface area contributed by atoms with Crippen LogP contribution in [0.1, 0.15) is 56.7 Å². The van der Waals surface area contributed by atoms with Crippen molar-refractivity contribution in [3.8, 4) is 0 Å². The Balaban J connectivity index is 2.83. The maximum Gasteiger partial charge on any atom is 0.0482 e. The molecule has 0 aliphatic carbocycles. The molecule has 0 saturated carbocycles. The van der Waals surface area contributed by atoms with Gasteiger partial charge >= 0.3 is 0 Å². The second kappa shape index (κ2) is 7.73. The quantitative estimate of drug-likeness (QED) is 0.730. The number of hydrogen-bond acceptors (Lipinski definition) is 1. The van der Waals surface area contributed by atoms with E-state index in [1.807, 2.05) is 0 Å². The number of nitrogens with one attached hydrogen (secondary N) is 1. The predicted octanol–water partition coefficient (Wildman–Crippen LogP) is 4.88. The van der Waals surface area contributed by atoms with Gasteiger partial charge in [0.05, 0.1) is 0 Å². The molecular formula is C15H24ClN. The lowest BCUT2D eigenvalue weighted by atomic mass is 9.99. The van der Waals surface area contributed by atoms with Crippen molar-refractivity contribution in [1.82, 2.24) is 5.32 Å². The summed E-state index contributed by atoms with van der Waals surface area (Å²) >= 11 is 6.41. The van der Waals surface area contributed by atoms with Gasteiger partial charge in [-0.25, -0.2) is 0 Å². The van der Waals surface area contributed by atoms with Crippen molar-refractivity contribution in [3.05, 3.63) is 34.3 Å². The first-order valence-corrected chi connectivity index (χ1v) is 7.06. The van der Waals surface area contributed by atoms with E-state index >= 15 is 0 Å². The Morgan fingerprint density at radius 3 is 2.65 bits per heavy atom. The summed E-state index contributed by atoms with van der Waals surface area (Å²) in [5, 5.41) is 4.53. The van der Waals surface area contributed by atoms with Gasteiger partial charge in [0.2, 0.25) is 0 Å². The molecule has 1 aromatic carbocycles. The first kappa shape index (κ1) is 14.5. The van der Waals surface area contributed by atoms with Gasteiger partial charge in [-0.05, 0) is 37.4 Å². The third kappa shape index (κ3) is 4.33. The third-order valence-corrected chi connectivity index (χ3v) is 3.60. The van der Waals surface area contributed by atoms with Gasteiger partial charge in [0, 0.05) is 11.1 Å².